The number of benzene rings is 1. The molecule has 20 heavy (non-hydrogen) atoms. The van der Waals surface area contributed by atoms with Gasteiger partial charge < -0.3 is 9.67 Å². The van der Waals surface area contributed by atoms with Crippen LogP contribution in [-0.2, 0) is 24.2 Å². The van der Waals surface area contributed by atoms with Crippen LogP contribution in [0.1, 0.15) is 23.5 Å². The fraction of sp³-hybridized carbons (Fsp3) is 0.333. The van der Waals surface area contributed by atoms with E-state index >= 15 is 0 Å². The van der Waals surface area contributed by atoms with Crippen molar-refractivity contribution < 1.29 is 14.3 Å². The van der Waals surface area contributed by atoms with E-state index in [0.717, 1.165) is 17.1 Å². The molecule has 1 N–H and O–H groups in total. The Labute approximate surface area is 115 Å². The third-order valence-electron chi connectivity index (χ3n) is 3.69. The number of carbonyl (C=O) groups is 1. The molecule has 104 valence electrons. The summed E-state index contributed by atoms with van der Waals surface area (Å²) < 4.78 is 14.8. The number of carboxylic acids is 1. The summed E-state index contributed by atoms with van der Waals surface area (Å²) in [4.78, 5) is 15.6. The van der Waals surface area contributed by atoms with Crippen molar-refractivity contribution in [2.75, 3.05) is 0 Å². The Morgan fingerprint density at radius 2 is 2.15 bits per heavy atom. The Bertz CT molecular complexity index is 634. The molecule has 1 atom stereocenters. The van der Waals surface area contributed by atoms with Crippen LogP contribution in [0.3, 0.4) is 0 Å². The lowest BCUT2D eigenvalue weighted by atomic mass is 10.00. The van der Waals surface area contributed by atoms with Gasteiger partial charge in [0, 0.05) is 25.6 Å². The maximum absolute atomic E-state index is 12.9. The van der Waals surface area contributed by atoms with Gasteiger partial charge in [0.2, 0.25) is 0 Å². The topological polar surface area (TPSA) is 55.1 Å². The molecule has 0 aliphatic carbocycles. The van der Waals surface area contributed by atoms with E-state index in [-0.39, 0.29) is 11.7 Å². The second kappa shape index (κ2) is 5.07. The zero-order valence-corrected chi connectivity index (χ0v) is 10.9. The van der Waals surface area contributed by atoms with Crippen molar-refractivity contribution in [2.24, 2.45) is 5.92 Å². The molecule has 5 heteroatoms. The summed E-state index contributed by atoms with van der Waals surface area (Å²) in [5.74, 6) is -0.374. The van der Waals surface area contributed by atoms with Gasteiger partial charge in [-0.05, 0) is 24.1 Å². The first-order chi connectivity index (χ1) is 9.61. The number of aryl methyl sites for hydroxylation is 1. The summed E-state index contributed by atoms with van der Waals surface area (Å²) in [5.41, 5.74) is 1.90. The molecule has 2 aromatic rings. The molecule has 0 bridgehead atoms. The number of fused-ring (bicyclic) bond motifs is 1. The third kappa shape index (κ3) is 2.57. The van der Waals surface area contributed by atoms with Crippen molar-refractivity contribution in [1.29, 1.82) is 0 Å². The first-order valence-corrected chi connectivity index (χ1v) is 6.64. The number of hydrogen-bond acceptors (Lipinski definition) is 2. The van der Waals surface area contributed by atoms with Crippen molar-refractivity contribution in [3.8, 4) is 0 Å². The van der Waals surface area contributed by atoms with Crippen LogP contribution in [0.2, 0.25) is 0 Å². The maximum Gasteiger partial charge on any atom is 0.308 e. The van der Waals surface area contributed by atoms with Gasteiger partial charge >= 0.3 is 5.97 Å². The number of carboxylic acid groups (broad SMARTS) is 1. The van der Waals surface area contributed by atoms with Crippen molar-refractivity contribution in [3.05, 3.63) is 53.4 Å². The first kappa shape index (κ1) is 12.8. The van der Waals surface area contributed by atoms with Crippen molar-refractivity contribution >= 4 is 5.97 Å². The number of rotatable bonds is 3. The highest BCUT2D eigenvalue weighted by Crippen LogP contribution is 2.21. The molecule has 2 heterocycles. The van der Waals surface area contributed by atoms with Crippen molar-refractivity contribution in [3.63, 3.8) is 0 Å². The molecule has 1 unspecified atom stereocenters. The predicted octanol–water partition coefficient (Wildman–Crippen LogP) is 2.26. The van der Waals surface area contributed by atoms with Gasteiger partial charge in [-0.2, -0.15) is 0 Å². The number of imidazole rings is 1. The number of hydrogen-bond donors (Lipinski definition) is 1. The minimum atomic E-state index is -0.746. The van der Waals surface area contributed by atoms with Gasteiger partial charge in [-0.3, -0.25) is 4.79 Å². The third-order valence-corrected chi connectivity index (χ3v) is 3.69. The molecule has 4 nitrogen and oxygen atoms in total. The Balaban J connectivity index is 1.77. The molecule has 1 aliphatic heterocycles. The number of halogens is 1. The lowest BCUT2D eigenvalue weighted by molar-refractivity contribution is -0.142. The van der Waals surface area contributed by atoms with Crippen LogP contribution >= 0.6 is 0 Å². The summed E-state index contributed by atoms with van der Waals surface area (Å²) in [7, 11) is 0. The Kier molecular flexibility index (Phi) is 3.26. The van der Waals surface area contributed by atoms with Crippen molar-refractivity contribution in [2.45, 2.75) is 25.8 Å². The van der Waals surface area contributed by atoms with E-state index in [4.69, 9.17) is 5.11 Å². The minimum Gasteiger partial charge on any atom is -0.481 e. The zero-order chi connectivity index (χ0) is 14.1. The van der Waals surface area contributed by atoms with Crippen LogP contribution in [0.4, 0.5) is 4.39 Å². The van der Waals surface area contributed by atoms with Crippen molar-refractivity contribution in [1.82, 2.24) is 9.55 Å². The normalized spacial score (nSPS) is 17.8. The number of aliphatic carboxylic acids is 1. The zero-order valence-electron chi connectivity index (χ0n) is 10.9. The molecule has 0 saturated carbocycles. The Morgan fingerprint density at radius 3 is 2.85 bits per heavy atom. The van der Waals surface area contributed by atoms with E-state index in [1.165, 1.54) is 12.1 Å². The molecule has 0 fully saturated rings. The van der Waals surface area contributed by atoms with Crippen LogP contribution < -0.4 is 0 Å². The van der Waals surface area contributed by atoms with Crippen LogP contribution in [0.15, 0.2) is 30.5 Å². The molecule has 3 rings (SSSR count). The van der Waals surface area contributed by atoms with Gasteiger partial charge in [0.1, 0.15) is 11.6 Å². The second-order valence-electron chi connectivity index (χ2n) is 5.18. The molecular formula is C15H15FN2O2. The average Bonchev–Trinajstić information content (AvgIpc) is 2.82. The minimum absolute atomic E-state index is 0.248. The molecule has 1 aromatic heterocycles. The molecule has 0 radical (unpaired) electrons. The van der Waals surface area contributed by atoms with Crippen LogP contribution in [0.5, 0.6) is 0 Å². The first-order valence-electron chi connectivity index (χ1n) is 6.64. The van der Waals surface area contributed by atoms with Gasteiger partial charge in [0.05, 0.1) is 11.6 Å². The van der Waals surface area contributed by atoms with Gasteiger partial charge in [-0.15, -0.1) is 0 Å². The summed E-state index contributed by atoms with van der Waals surface area (Å²) in [6.45, 7) is 0.487. The lowest BCUT2D eigenvalue weighted by Gasteiger charge is -2.19. The highest BCUT2D eigenvalue weighted by molar-refractivity contribution is 5.70. The Hall–Kier alpha value is -2.17. The van der Waals surface area contributed by atoms with Gasteiger partial charge in [0.25, 0.3) is 0 Å². The molecule has 0 amide bonds. The number of aromatic nitrogens is 2. The molecule has 0 spiro atoms. The highest BCUT2D eigenvalue weighted by Gasteiger charge is 2.25. The molecule has 1 aromatic carbocycles. The molecule has 0 saturated heterocycles. The number of nitrogens with zero attached hydrogens (tertiary/aromatic N) is 2. The highest BCUT2D eigenvalue weighted by atomic mass is 19.1. The van der Waals surface area contributed by atoms with Gasteiger partial charge in [-0.25, -0.2) is 9.37 Å². The standard InChI is InChI=1S/C15H15FN2O2/c16-12-4-1-10(2-5-12)7-13-9-18-8-11(15(19)20)3-6-14(18)17-13/h1-2,4-5,9,11H,3,6-8H2,(H,19,20). The molecular weight excluding hydrogens is 259 g/mol. The molecule has 1 aliphatic rings. The summed E-state index contributed by atoms with van der Waals surface area (Å²) in [6.07, 6.45) is 3.88. The summed E-state index contributed by atoms with van der Waals surface area (Å²) >= 11 is 0. The smallest absolute Gasteiger partial charge is 0.308 e. The van der Waals surface area contributed by atoms with Crippen LogP contribution in [-0.4, -0.2) is 20.6 Å². The fourth-order valence-corrected chi connectivity index (χ4v) is 2.60. The lowest BCUT2D eigenvalue weighted by Crippen LogP contribution is -2.26. The second-order valence-corrected chi connectivity index (χ2v) is 5.18. The van der Waals surface area contributed by atoms with E-state index in [0.29, 0.717) is 25.8 Å². The van der Waals surface area contributed by atoms with Gasteiger partial charge in [0.15, 0.2) is 0 Å². The van der Waals surface area contributed by atoms with E-state index in [9.17, 15) is 9.18 Å². The quantitative estimate of drug-likeness (QED) is 0.934. The monoisotopic (exact) mass is 274 g/mol. The van der Waals surface area contributed by atoms with E-state index in [1.807, 2.05) is 10.8 Å². The van der Waals surface area contributed by atoms with Gasteiger partial charge in [-0.1, -0.05) is 12.1 Å². The maximum atomic E-state index is 12.9. The average molecular weight is 274 g/mol. The van der Waals surface area contributed by atoms with E-state index in [2.05, 4.69) is 4.98 Å². The summed E-state index contributed by atoms with van der Waals surface area (Å²) in [5, 5.41) is 9.06. The van der Waals surface area contributed by atoms with Crippen LogP contribution in [0, 0.1) is 11.7 Å². The predicted molar refractivity (Wildman–Crippen MR) is 70.9 cm³/mol. The largest absolute Gasteiger partial charge is 0.481 e. The Morgan fingerprint density at radius 1 is 1.40 bits per heavy atom. The SMILES string of the molecule is O=C(O)C1CCc2nc(Cc3ccc(F)cc3)cn2C1. The van der Waals surface area contributed by atoms with E-state index < -0.39 is 5.97 Å². The van der Waals surface area contributed by atoms with E-state index in [1.54, 1.807) is 12.1 Å². The fourth-order valence-electron chi connectivity index (χ4n) is 2.60. The van der Waals surface area contributed by atoms with Crippen LogP contribution in [0.25, 0.3) is 0 Å². The summed E-state index contributed by atoms with van der Waals surface area (Å²) in [6, 6.07) is 6.36.